The van der Waals surface area contributed by atoms with Crippen LogP contribution in [-0.4, -0.2) is 25.1 Å². The first-order valence-corrected chi connectivity index (χ1v) is 9.87. The lowest BCUT2D eigenvalue weighted by atomic mass is 10.1. The second-order valence-electron chi connectivity index (χ2n) is 6.15. The number of hydrogen-bond acceptors (Lipinski definition) is 4. The number of amides is 2. The summed E-state index contributed by atoms with van der Waals surface area (Å²) in [4.78, 5) is 26.8. The molecular weight excluding hydrogens is 362 g/mol. The second kappa shape index (κ2) is 6.48. The van der Waals surface area contributed by atoms with Crippen molar-refractivity contribution in [2.24, 2.45) is 0 Å². The van der Waals surface area contributed by atoms with Gasteiger partial charge in [0, 0.05) is 0 Å². The van der Waals surface area contributed by atoms with Gasteiger partial charge in [0.2, 0.25) is 9.84 Å². The van der Waals surface area contributed by atoms with E-state index in [2.05, 4.69) is 0 Å². The van der Waals surface area contributed by atoms with Gasteiger partial charge >= 0.3 is 0 Å². The summed E-state index contributed by atoms with van der Waals surface area (Å²) in [5.74, 6) is -1.21. The Labute approximate surface area is 156 Å². The molecule has 1 heterocycles. The number of nitrogens with zero attached hydrogens (tertiary/aromatic N) is 1. The molecule has 2 amide bonds. The Morgan fingerprint density at radius 2 is 1.07 bits per heavy atom. The Kier molecular flexibility index (Phi) is 4.12. The molecule has 0 fully saturated rings. The van der Waals surface area contributed by atoms with Crippen molar-refractivity contribution in [3.05, 3.63) is 102 Å². The van der Waals surface area contributed by atoms with E-state index in [0.29, 0.717) is 5.56 Å². The summed E-state index contributed by atoms with van der Waals surface area (Å²) in [5.41, 5.74) is 0.786. The molecular formula is C21H15NO4S. The van der Waals surface area contributed by atoms with Gasteiger partial charge in [-0.15, -0.1) is 0 Å². The van der Waals surface area contributed by atoms with E-state index in [4.69, 9.17) is 0 Å². The van der Waals surface area contributed by atoms with Gasteiger partial charge in [-0.3, -0.25) is 14.5 Å². The maximum atomic E-state index is 13.4. The van der Waals surface area contributed by atoms with Gasteiger partial charge in [0.05, 0.1) is 16.0 Å². The van der Waals surface area contributed by atoms with Gasteiger partial charge in [-0.2, -0.15) is 0 Å². The van der Waals surface area contributed by atoms with Crippen LogP contribution >= 0.6 is 0 Å². The Morgan fingerprint density at radius 1 is 0.630 bits per heavy atom. The molecule has 134 valence electrons. The lowest BCUT2D eigenvalue weighted by Crippen LogP contribution is -2.38. The van der Waals surface area contributed by atoms with Crippen LogP contribution in [0.3, 0.4) is 0 Å². The largest absolute Gasteiger partial charge is 0.269 e. The van der Waals surface area contributed by atoms with E-state index in [0.717, 1.165) is 4.90 Å². The van der Waals surface area contributed by atoms with Gasteiger partial charge in [-0.1, -0.05) is 60.7 Å². The molecule has 27 heavy (non-hydrogen) atoms. The smallest absolute Gasteiger partial charge is 0.262 e. The van der Waals surface area contributed by atoms with Crippen molar-refractivity contribution in [3.8, 4) is 0 Å². The summed E-state index contributed by atoms with van der Waals surface area (Å²) in [6.07, 6.45) is 0. The third-order valence-electron chi connectivity index (χ3n) is 4.51. The number of benzene rings is 3. The molecule has 1 aliphatic heterocycles. The summed E-state index contributed by atoms with van der Waals surface area (Å²) >= 11 is 0. The predicted molar refractivity (Wildman–Crippen MR) is 99.8 cm³/mol. The average Bonchev–Trinajstić information content (AvgIpc) is 2.95. The molecule has 0 radical (unpaired) electrons. The lowest BCUT2D eigenvalue weighted by molar-refractivity contribution is 0.0630. The molecule has 0 N–H and O–H groups in total. The third kappa shape index (κ3) is 2.74. The number of carbonyl (C=O) groups excluding carboxylic acids is 2. The monoisotopic (exact) mass is 377 g/mol. The molecule has 5 nitrogen and oxygen atoms in total. The highest BCUT2D eigenvalue weighted by atomic mass is 32.2. The first-order valence-electron chi connectivity index (χ1n) is 8.32. The highest BCUT2D eigenvalue weighted by molar-refractivity contribution is 7.91. The van der Waals surface area contributed by atoms with Gasteiger partial charge in [-0.25, -0.2) is 8.42 Å². The van der Waals surface area contributed by atoms with Crippen LogP contribution in [0.25, 0.3) is 0 Å². The lowest BCUT2D eigenvalue weighted by Gasteiger charge is -2.26. The number of imide groups is 1. The van der Waals surface area contributed by atoms with Crippen molar-refractivity contribution in [1.82, 2.24) is 4.90 Å². The van der Waals surface area contributed by atoms with Crippen molar-refractivity contribution in [3.63, 3.8) is 0 Å². The van der Waals surface area contributed by atoms with Gasteiger partial charge in [0.15, 0.2) is 5.37 Å². The molecule has 0 spiro atoms. The topological polar surface area (TPSA) is 71.5 Å². The fourth-order valence-electron chi connectivity index (χ4n) is 3.24. The molecule has 0 aliphatic carbocycles. The fourth-order valence-corrected chi connectivity index (χ4v) is 5.02. The molecule has 0 saturated carbocycles. The number of fused-ring (bicyclic) bond motifs is 1. The maximum Gasteiger partial charge on any atom is 0.262 e. The van der Waals surface area contributed by atoms with E-state index >= 15 is 0 Å². The first-order chi connectivity index (χ1) is 13.0. The summed E-state index contributed by atoms with van der Waals surface area (Å²) in [6.45, 7) is 0. The number of hydrogen-bond donors (Lipinski definition) is 0. The summed E-state index contributed by atoms with van der Waals surface area (Å²) in [7, 11) is -4.04. The molecule has 3 aromatic rings. The van der Waals surface area contributed by atoms with Crippen LogP contribution in [0.4, 0.5) is 0 Å². The zero-order valence-corrected chi connectivity index (χ0v) is 15.0. The highest BCUT2D eigenvalue weighted by Gasteiger charge is 2.46. The second-order valence-corrected chi connectivity index (χ2v) is 8.15. The molecule has 3 aromatic carbocycles. The van der Waals surface area contributed by atoms with Crippen LogP contribution in [0.5, 0.6) is 0 Å². The minimum absolute atomic E-state index is 0.0513. The summed E-state index contributed by atoms with van der Waals surface area (Å²) in [6, 6.07) is 22.5. The zero-order chi connectivity index (χ0) is 19.0. The van der Waals surface area contributed by atoms with Crippen molar-refractivity contribution < 1.29 is 18.0 Å². The zero-order valence-electron chi connectivity index (χ0n) is 14.1. The Bertz CT molecular complexity index is 1090. The number of rotatable bonds is 4. The molecule has 1 unspecified atom stereocenters. The van der Waals surface area contributed by atoms with Crippen LogP contribution in [-0.2, 0) is 9.84 Å². The van der Waals surface area contributed by atoms with Crippen LogP contribution in [0.1, 0.15) is 31.7 Å². The molecule has 0 aromatic heterocycles. The maximum absolute atomic E-state index is 13.4. The van der Waals surface area contributed by atoms with E-state index in [1.165, 1.54) is 24.3 Å². The van der Waals surface area contributed by atoms with Crippen molar-refractivity contribution in [2.45, 2.75) is 10.3 Å². The van der Waals surface area contributed by atoms with Crippen molar-refractivity contribution in [1.29, 1.82) is 0 Å². The van der Waals surface area contributed by atoms with Crippen LogP contribution in [0.2, 0.25) is 0 Å². The summed E-state index contributed by atoms with van der Waals surface area (Å²) < 4.78 is 26.8. The van der Waals surface area contributed by atoms with Gasteiger partial charge in [0.1, 0.15) is 0 Å². The highest BCUT2D eigenvalue weighted by Crippen LogP contribution is 2.37. The molecule has 1 aliphatic rings. The van der Waals surface area contributed by atoms with Crippen molar-refractivity contribution in [2.75, 3.05) is 0 Å². The minimum atomic E-state index is -4.04. The molecule has 1 atom stereocenters. The van der Waals surface area contributed by atoms with Crippen LogP contribution in [0.15, 0.2) is 89.8 Å². The molecule has 6 heteroatoms. The third-order valence-corrected chi connectivity index (χ3v) is 6.51. The van der Waals surface area contributed by atoms with E-state index in [1.54, 1.807) is 60.7 Å². The van der Waals surface area contributed by atoms with Crippen LogP contribution < -0.4 is 0 Å². The predicted octanol–water partition coefficient (Wildman–Crippen LogP) is 3.46. The van der Waals surface area contributed by atoms with Gasteiger partial charge in [0.25, 0.3) is 11.8 Å². The molecule has 4 rings (SSSR count). The van der Waals surface area contributed by atoms with E-state index in [1.807, 2.05) is 0 Å². The minimum Gasteiger partial charge on any atom is -0.269 e. The SMILES string of the molecule is O=C1c2ccccc2C(=O)N1C(c1ccccc1)S(=O)(=O)c1ccccc1. The van der Waals surface area contributed by atoms with Gasteiger partial charge < -0.3 is 0 Å². The van der Waals surface area contributed by atoms with E-state index in [-0.39, 0.29) is 16.0 Å². The van der Waals surface area contributed by atoms with Crippen molar-refractivity contribution >= 4 is 21.7 Å². The van der Waals surface area contributed by atoms with E-state index in [9.17, 15) is 18.0 Å². The fraction of sp³-hybridized carbons (Fsp3) is 0.0476. The van der Waals surface area contributed by atoms with Crippen LogP contribution in [0, 0.1) is 0 Å². The summed E-state index contributed by atoms with van der Waals surface area (Å²) in [5, 5.41) is -1.44. The Morgan fingerprint density at radius 3 is 1.59 bits per heavy atom. The number of sulfone groups is 1. The Hall–Kier alpha value is -3.25. The molecule has 0 bridgehead atoms. The van der Waals surface area contributed by atoms with E-state index < -0.39 is 27.0 Å². The average molecular weight is 377 g/mol. The van der Waals surface area contributed by atoms with Gasteiger partial charge in [-0.05, 0) is 29.8 Å². The quantitative estimate of drug-likeness (QED) is 0.653. The standard InChI is InChI=1S/C21H15NO4S/c23-19-17-13-7-8-14-18(17)20(24)22(19)21(15-9-3-1-4-10-15)27(25,26)16-11-5-2-6-12-16/h1-14,21H. The molecule has 0 saturated heterocycles. The first kappa shape index (κ1) is 17.2. The normalized spacial score (nSPS) is 14.9. The Balaban J connectivity index is 1.91. The number of carbonyl (C=O) groups is 2.